The number of carbonyl (C=O) groups excluding carboxylic acids is 1. The van der Waals surface area contributed by atoms with E-state index in [1.54, 1.807) is 25.4 Å². The van der Waals surface area contributed by atoms with Crippen LogP contribution in [0.2, 0.25) is 0 Å². The number of nitrogens with one attached hydrogen (secondary N) is 1. The minimum Gasteiger partial charge on any atom is -0.328 e. The molecule has 0 spiro atoms. The van der Waals surface area contributed by atoms with E-state index in [-0.39, 0.29) is 28.9 Å². The Hall–Kier alpha value is -3.19. The predicted molar refractivity (Wildman–Crippen MR) is 120 cm³/mol. The van der Waals surface area contributed by atoms with Gasteiger partial charge in [-0.1, -0.05) is 18.6 Å². The summed E-state index contributed by atoms with van der Waals surface area (Å²) in [5, 5.41) is 2.86. The monoisotopic (exact) mass is 436 g/mol. The molecule has 1 saturated carbocycles. The number of nitrogens with zero attached hydrogens (tertiary/aromatic N) is 2. The molecule has 0 unspecified atom stereocenters. The van der Waals surface area contributed by atoms with Crippen molar-refractivity contribution in [1.29, 1.82) is 0 Å². The van der Waals surface area contributed by atoms with Crippen LogP contribution in [0.3, 0.4) is 0 Å². The third-order valence-electron chi connectivity index (χ3n) is 5.98. The number of hydrogen-bond donors (Lipinski definition) is 2. The number of pyridine rings is 2. The van der Waals surface area contributed by atoms with Crippen LogP contribution in [0.15, 0.2) is 48.8 Å². The molecule has 1 fully saturated rings. The van der Waals surface area contributed by atoms with Gasteiger partial charge in [0.15, 0.2) is 0 Å². The van der Waals surface area contributed by atoms with Crippen LogP contribution in [-0.4, -0.2) is 21.9 Å². The normalized spacial score (nSPS) is 20.7. The van der Waals surface area contributed by atoms with Gasteiger partial charge in [0.05, 0.1) is 11.9 Å². The summed E-state index contributed by atoms with van der Waals surface area (Å²) in [5.74, 6) is -1.10. The molecule has 0 radical (unpaired) electrons. The molecule has 1 amide bonds. The van der Waals surface area contributed by atoms with Crippen LogP contribution in [0, 0.1) is 24.5 Å². The van der Waals surface area contributed by atoms with Crippen molar-refractivity contribution in [3.8, 4) is 11.3 Å². The summed E-state index contributed by atoms with van der Waals surface area (Å²) in [5.41, 5.74) is 8.36. The molecule has 3 atom stereocenters. The molecule has 0 aliphatic heterocycles. The van der Waals surface area contributed by atoms with Gasteiger partial charge in [0.1, 0.15) is 23.0 Å². The van der Waals surface area contributed by atoms with E-state index in [1.807, 2.05) is 6.07 Å². The summed E-state index contributed by atoms with van der Waals surface area (Å²) < 4.78 is 28.8. The molecule has 1 aliphatic rings. The van der Waals surface area contributed by atoms with E-state index in [4.69, 9.17) is 5.73 Å². The number of carbonyl (C=O) groups is 1. The van der Waals surface area contributed by atoms with Gasteiger partial charge in [0.25, 0.3) is 5.91 Å². The second-order valence-corrected chi connectivity index (χ2v) is 8.70. The number of amides is 1. The average Bonchev–Trinajstić information content (AvgIpc) is 2.75. The lowest BCUT2D eigenvalue weighted by Crippen LogP contribution is -2.31. The van der Waals surface area contributed by atoms with Crippen LogP contribution in [0.5, 0.6) is 0 Å². The molecule has 1 aromatic carbocycles. The molecule has 2 heterocycles. The van der Waals surface area contributed by atoms with E-state index in [1.165, 1.54) is 18.2 Å². The van der Waals surface area contributed by atoms with Crippen molar-refractivity contribution in [2.45, 2.75) is 45.1 Å². The first-order chi connectivity index (χ1) is 15.3. The van der Waals surface area contributed by atoms with Gasteiger partial charge in [-0.05, 0) is 73.9 Å². The van der Waals surface area contributed by atoms with Gasteiger partial charge in [0, 0.05) is 17.8 Å². The minimum atomic E-state index is -0.696. The molecular formula is C25H26F2N4O. The maximum atomic E-state index is 14.5. The third-order valence-corrected chi connectivity index (χ3v) is 5.98. The highest BCUT2D eigenvalue weighted by Gasteiger charge is 2.27. The fraction of sp³-hybridized carbons (Fsp3) is 0.320. The predicted octanol–water partition coefficient (Wildman–Crippen LogP) is 5.21. The molecule has 32 heavy (non-hydrogen) atoms. The van der Waals surface area contributed by atoms with Crippen molar-refractivity contribution >= 4 is 11.6 Å². The third kappa shape index (κ3) is 4.67. The van der Waals surface area contributed by atoms with E-state index in [9.17, 15) is 13.6 Å². The molecule has 1 aliphatic carbocycles. The fourth-order valence-corrected chi connectivity index (χ4v) is 4.54. The zero-order chi connectivity index (χ0) is 22.8. The summed E-state index contributed by atoms with van der Waals surface area (Å²) in [6.07, 6.45) is 6.10. The zero-order valence-corrected chi connectivity index (χ0v) is 18.1. The lowest BCUT2D eigenvalue weighted by atomic mass is 9.76. The molecule has 166 valence electrons. The number of rotatable bonds is 4. The smallest absolute Gasteiger partial charge is 0.274 e. The molecule has 7 heteroatoms. The first kappa shape index (κ1) is 22.0. The lowest BCUT2D eigenvalue weighted by molar-refractivity contribution is 0.102. The van der Waals surface area contributed by atoms with Crippen molar-refractivity contribution in [2.24, 2.45) is 11.7 Å². The van der Waals surface area contributed by atoms with E-state index < -0.39 is 17.5 Å². The zero-order valence-electron chi connectivity index (χ0n) is 18.1. The Morgan fingerprint density at radius 2 is 1.88 bits per heavy atom. The second kappa shape index (κ2) is 9.12. The van der Waals surface area contributed by atoms with Gasteiger partial charge in [0.2, 0.25) is 0 Å². The Labute approximate surface area is 186 Å². The van der Waals surface area contributed by atoms with Gasteiger partial charge >= 0.3 is 0 Å². The molecule has 3 N–H and O–H groups in total. The van der Waals surface area contributed by atoms with Gasteiger partial charge in [-0.3, -0.25) is 9.78 Å². The number of anilines is 1. The van der Waals surface area contributed by atoms with E-state index in [0.717, 1.165) is 36.5 Å². The Balaban J connectivity index is 1.63. The Morgan fingerprint density at radius 3 is 2.66 bits per heavy atom. The highest BCUT2D eigenvalue weighted by atomic mass is 19.1. The van der Waals surface area contributed by atoms with E-state index in [2.05, 4.69) is 22.2 Å². The van der Waals surface area contributed by atoms with Gasteiger partial charge in [-0.2, -0.15) is 0 Å². The quantitative estimate of drug-likeness (QED) is 0.588. The van der Waals surface area contributed by atoms with Crippen molar-refractivity contribution in [1.82, 2.24) is 9.97 Å². The summed E-state index contributed by atoms with van der Waals surface area (Å²) in [4.78, 5) is 21.3. The van der Waals surface area contributed by atoms with Crippen LogP contribution in [0.1, 0.15) is 53.7 Å². The number of halogens is 2. The van der Waals surface area contributed by atoms with E-state index in [0.29, 0.717) is 11.6 Å². The number of benzene rings is 1. The number of aromatic nitrogens is 2. The van der Waals surface area contributed by atoms with Crippen molar-refractivity contribution in [2.75, 3.05) is 5.32 Å². The maximum Gasteiger partial charge on any atom is 0.274 e. The standard InChI is InChI=1S/C25H26F2N4O/c1-14-3-4-20(26)19(11-14)24-21(27)5-6-22(30-24)25(32)31-23-13-29-8-7-18(23)16-9-15(2)10-17(28)12-16/h3-8,11,13,15-17H,9-10,12,28H2,1-2H3,(H,31,32)/t15-,16+,17+/m0/s1. The van der Waals surface area contributed by atoms with Crippen LogP contribution >= 0.6 is 0 Å². The highest BCUT2D eigenvalue weighted by molar-refractivity contribution is 6.03. The largest absolute Gasteiger partial charge is 0.328 e. The summed E-state index contributed by atoms with van der Waals surface area (Å²) in [6.45, 7) is 3.96. The molecule has 4 rings (SSSR count). The Morgan fingerprint density at radius 1 is 1.09 bits per heavy atom. The topological polar surface area (TPSA) is 80.9 Å². The first-order valence-corrected chi connectivity index (χ1v) is 10.8. The van der Waals surface area contributed by atoms with Crippen LogP contribution in [0.4, 0.5) is 14.5 Å². The second-order valence-electron chi connectivity index (χ2n) is 8.70. The maximum absolute atomic E-state index is 14.5. The van der Waals surface area contributed by atoms with E-state index >= 15 is 0 Å². The molecule has 5 nitrogen and oxygen atoms in total. The SMILES string of the molecule is Cc1ccc(F)c(-c2nc(C(=O)Nc3cnccc3[C@@H]3C[C@H](C)C[C@@H](N)C3)ccc2F)c1. The van der Waals surface area contributed by atoms with Gasteiger partial charge < -0.3 is 11.1 Å². The average molecular weight is 437 g/mol. The lowest BCUT2D eigenvalue weighted by Gasteiger charge is -2.32. The van der Waals surface area contributed by atoms with Crippen molar-refractivity contribution in [3.05, 3.63) is 77.2 Å². The molecule has 0 bridgehead atoms. The van der Waals surface area contributed by atoms with Crippen LogP contribution in [0.25, 0.3) is 11.3 Å². The van der Waals surface area contributed by atoms with Crippen LogP contribution < -0.4 is 11.1 Å². The van der Waals surface area contributed by atoms with Crippen LogP contribution in [-0.2, 0) is 0 Å². The summed E-state index contributed by atoms with van der Waals surface area (Å²) >= 11 is 0. The summed E-state index contributed by atoms with van der Waals surface area (Å²) in [6, 6.07) is 8.80. The molecule has 3 aromatic rings. The van der Waals surface area contributed by atoms with Gasteiger partial charge in [-0.25, -0.2) is 13.8 Å². The molecule has 0 saturated heterocycles. The van der Waals surface area contributed by atoms with Crippen molar-refractivity contribution in [3.63, 3.8) is 0 Å². The first-order valence-electron chi connectivity index (χ1n) is 10.8. The molecular weight excluding hydrogens is 410 g/mol. The minimum absolute atomic E-state index is 0.00850. The summed E-state index contributed by atoms with van der Waals surface area (Å²) in [7, 11) is 0. The highest BCUT2D eigenvalue weighted by Crippen LogP contribution is 2.38. The number of nitrogens with two attached hydrogens (primary N) is 1. The molecule has 2 aromatic heterocycles. The Bertz CT molecular complexity index is 1140. The Kier molecular flexibility index (Phi) is 6.28. The number of hydrogen-bond acceptors (Lipinski definition) is 4. The van der Waals surface area contributed by atoms with Crippen molar-refractivity contribution < 1.29 is 13.6 Å². The number of aryl methyl sites for hydroxylation is 1. The van der Waals surface area contributed by atoms with Gasteiger partial charge in [-0.15, -0.1) is 0 Å². The fourth-order valence-electron chi connectivity index (χ4n) is 4.54.